The maximum Gasteiger partial charge on any atom is 0.192 e. The number of fused-ring (bicyclic) bond motifs is 1. The monoisotopic (exact) mass is 218 g/mol. The van der Waals surface area contributed by atoms with Gasteiger partial charge in [0.15, 0.2) is 11.5 Å². The van der Waals surface area contributed by atoms with Gasteiger partial charge in [0, 0.05) is 6.92 Å². The first-order valence-electron chi connectivity index (χ1n) is 5.69. The van der Waals surface area contributed by atoms with Crippen LogP contribution in [0.3, 0.4) is 0 Å². The van der Waals surface area contributed by atoms with Gasteiger partial charge < -0.3 is 10.2 Å². The summed E-state index contributed by atoms with van der Waals surface area (Å²) in [7, 11) is 0. The number of nitrogens with two attached hydrogens (primary N) is 1. The molecule has 1 unspecified atom stereocenters. The summed E-state index contributed by atoms with van der Waals surface area (Å²) in [6.07, 6.45) is 0. The summed E-state index contributed by atoms with van der Waals surface area (Å²) in [5, 5.41) is 0. The molecule has 1 heterocycles. The molecule has 3 heteroatoms. The van der Waals surface area contributed by atoms with Crippen LogP contribution in [0.2, 0.25) is 0 Å². The molecular weight excluding hydrogens is 200 g/mol. The number of nitrogens with zero attached hydrogens (tertiary/aromatic N) is 1. The van der Waals surface area contributed by atoms with E-state index in [9.17, 15) is 0 Å². The van der Waals surface area contributed by atoms with Crippen molar-refractivity contribution in [2.24, 2.45) is 11.7 Å². The number of oxazole rings is 1. The zero-order chi connectivity index (χ0) is 11.7. The number of hydrogen-bond acceptors (Lipinski definition) is 3. The van der Waals surface area contributed by atoms with E-state index in [0.29, 0.717) is 24.3 Å². The van der Waals surface area contributed by atoms with E-state index in [4.69, 9.17) is 10.2 Å². The van der Waals surface area contributed by atoms with Crippen molar-refractivity contribution in [3.8, 4) is 0 Å². The fourth-order valence-electron chi connectivity index (χ4n) is 2.08. The summed E-state index contributed by atoms with van der Waals surface area (Å²) in [6, 6.07) is 6.17. The van der Waals surface area contributed by atoms with Crippen LogP contribution in [0.1, 0.15) is 31.2 Å². The summed E-state index contributed by atoms with van der Waals surface area (Å²) in [5.74, 6) is 1.63. The molecular formula is C13H18N2O. The highest BCUT2D eigenvalue weighted by atomic mass is 16.3. The Morgan fingerprint density at radius 2 is 2.12 bits per heavy atom. The molecule has 1 atom stereocenters. The van der Waals surface area contributed by atoms with E-state index >= 15 is 0 Å². The lowest BCUT2D eigenvalue weighted by atomic mass is 9.88. The van der Waals surface area contributed by atoms with E-state index in [2.05, 4.69) is 31.0 Å². The van der Waals surface area contributed by atoms with Gasteiger partial charge >= 0.3 is 0 Å². The van der Waals surface area contributed by atoms with Crippen LogP contribution in [-0.4, -0.2) is 11.5 Å². The molecule has 3 nitrogen and oxygen atoms in total. The van der Waals surface area contributed by atoms with Crippen molar-refractivity contribution in [1.82, 2.24) is 4.98 Å². The molecule has 2 N–H and O–H groups in total. The van der Waals surface area contributed by atoms with Gasteiger partial charge in [-0.1, -0.05) is 19.9 Å². The maximum atomic E-state index is 5.81. The Kier molecular flexibility index (Phi) is 2.97. The van der Waals surface area contributed by atoms with Gasteiger partial charge in [0.2, 0.25) is 0 Å². The SMILES string of the molecule is Cc1nc2ccc(C(CN)C(C)C)cc2o1. The van der Waals surface area contributed by atoms with Crippen molar-refractivity contribution >= 4 is 11.1 Å². The highest BCUT2D eigenvalue weighted by molar-refractivity contribution is 5.73. The zero-order valence-corrected chi connectivity index (χ0v) is 10.0. The molecule has 0 radical (unpaired) electrons. The van der Waals surface area contributed by atoms with Crippen LogP contribution in [0.15, 0.2) is 22.6 Å². The van der Waals surface area contributed by atoms with E-state index in [-0.39, 0.29) is 0 Å². The second-order valence-corrected chi connectivity index (χ2v) is 4.55. The molecule has 1 aromatic heterocycles. The molecule has 16 heavy (non-hydrogen) atoms. The summed E-state index contributed by atoms with van der Waals surface area (Å²) in [6.45, 7) is 6.90. The highest BCUT2D eigenvalue weighted by Gasteiger charge is 2.15. The predicted octanol–water partition coefficient (Wildman–Crippen LogP) is 2.83. The lowest BCUT2D eigenvalue weighted by molar-refractivity contribution is 0.505. The maximum absolute atomic E-state index is 5.81. The fourth-order valence-corrected chi connectivity index (χ4v) is 2.08. The smallest absolute Gasteiger partial charge is 0.192 e. The van der Waals surface area contributed by atoms with Crippen LogP contribution in [0.25, 0.3) is 11.1 Å². The Labute approximate surface area is 95.7 Å². The number of benzene rings is 1. The first kappa shape index (κ1) is 11.1. The number of hydrogen-bond donors (Lipinski definition) is 1. The van der Waals surface area contributed by atoms with Crippen molar-refractivity contribution < 1.29 is 4.42 Å². The van der Waals surface area contributed by atoms with Gasteiger partial charge in [-0.3, -0.25) is 0 Å². The van der Waals surface area contributed by atoms with Crippen molar-refractivity contribution in [1.29, 1.82) is 0 Å². The molecule has 2 aromatic rings. The highest BCUT2D eigenvalue weighted by Crippen LogP contribution is 2.26. The molecule has 0 spiro atoms. The van der Waals surface area contributed by atoms with Gasteiger partial charge in [0.25, 0.3) is 0 Å². The summed E-state index contributed by atoms with van der Waals surface area (Å²) < 4.78 is 5.53. The number of rotatable bonds is 3. The van der Waals surface area contributed by atoms with Gasteiger partial charge in [-0.2, -0.15) is 0 Å². The molecule has 0 aliphatic carbocycles. The topological polar surface area (TPSA) is 52.0 Å². The minimum Gasteiger partial charge on any atom is -0.441 e. The van der Waals surface area contributed by atoms with Crippen molar-refractivity contribution in [3.63, 3.8) is 0 Å². The Bertz CT molecular complexity index is 488. The third-order valence-electron chi connectivity index (χ3n) is 3.01. The van der Waals surface area contributed by atoms with E-state index in [1.54, 1.807) is 0 Å². The third-order valence-corrected chi connectivity index (χ3v) is 3.01. The van der Waals surface area contributed by atoms with Gasteiger partial charge in [0.05, 0.1) is 0 Å². The van der Waals surface area contributed by atoms with Crippen LogP contribution in [0, 0.1) is 12.8 Å². The predicted molar refractivity (Wildman–Crippen MR) is 65.4 cm³/mol. The Balaban J connectivity index is 2.44. The zero-order valence-electron chi connectivity index (χ0n) is 10.0. The molecule has 0 aliphatic rings. The second kappa shape index (κ2) is 4.26. The van der Waals surface area contributed by atoms with E-state index in [0.717, 1.165) is 11.1 Å². The van der Waals surface area contributed by atoms with Crippen LogP contribution >= 0.6 is 0 Å². The van der Waals surface area contributed by atoms with E-state index in [1.807, 2.05) is 13.0 Å². The van der Waals surface area contributed by atoms with Crippen LogP contribution in [0.5, 0.6) is 0 Å². The third kappa shape index (κ3) is 1.95. The molecule has 0 bridgehead atoms. The molecule has 0 aliphatic heterocycles. The van der Waals surface area contributed by atoms with Gasteiger partial charge in [0.1, 0.15) is 5.52 Å². The summed E-state index contributed by atoms with van der Waals surface area (Å²) >= 11 is 0. The molecule has 86 valence electrons. The molecule has 0 saturated heterocycles. The minimum absolute atomic E-state index is 0.384. The van der Waals surface area contributed by atoms with Crippen molar-refractivity contribution in [2.75, 3.05) is 6.54 Å². The normalized spacial score (nSPS) is 13.6. The molecule has 2 rings (SSSR count). The molecule has 0 amide bonds. The van der Waals surface area contributed by atoms with Crippen LogP contribution < -0.4 is 5.73 Å². The largest absolute Gasteiger partial charge is 0.441 e. The van der Waals surface area contributed by atoms with Crippen LogP contribution in [-0.2, 0) is 0 Å². The van der Waals surface area contributed by atoms with Gasteiger partial charge in [-0.25, -0.2) is 4.98 Å². The summed E-state index contributed by atoms with van der Waals surface area (Å²) in [4.78, 5) is 4.29. The molecule has 1 aromatic carbocycles. The van der Waals surface area contributed by atoms with Crippen LogP contribution in [0.4, 0.5) is 0 Å². The summed E-state index contributed by atoms with van der Waals surface area (Å²) in [5.41, 5.74) is 8.82. The van der Waals surface area contributed by atoms with Gasteiger partial charge in [-0.15, -0.1) is 0 Å². The molecule has 0 fully saturated rings. The Hall–Kier alpha value is -1.35. The van der Waals surface area contributed by atoms with Gasteiger partial charge in [-0.05, 0) is 36.1 Å². The average Bonchev–Trinajstić information content (AvgIpc) is 2.57. The Morgan fingerprint density at radius 3 is 2.75 bits per heavy atom. The van der Waals surface area contributed by atoms with Crippen molar-refractivity contribution in [2.45, 2.75) is 26.7 Å². The second-order valence-electron chi connectivity index (χ2n) is 4.55. The molecule has 0 saturated carbocycles. The lowest BCUT2D eigenvalue weighted by Crippen LogP contribution is -2.17. The Morgan fingerprint density at radius 1 is 1.38 bits per heavy atom. The van der Waals surface area contributed by atoms with Crippen molar-refractivity contribution in [3.05, 3.63) is 29.7 Å². The fraction of sp³-hybridized carbons (Fsp3) is 0.462. The quantitative estimate of drug-likeness (QED) is 0.861. The number of aromatic nitrogens is 1. The lowest BCUT2D eigenvalue weighted by Gasteiger charge is -2.18. The average molecular weight is 218 g/mol. The first-order valence-corrected chi connectivity index (χ1v) is 5.69. The van der Waals surface area contributed by atoms with E-state index < -0.39 is 0 Å². The number of aryl methyl sites for hydroxylation is 1. The standard InChI is InChI=1S/C13H18N2O/c1-8(2)11(7-14)10-4-5-12-13(6-10)16-9(3)15-12/h4-6,8,11H,7,14H2,1-3H3. The van der Waals surface area contributed by atoms with E-state index in [1.165, 1.54) is 5.56 Å². The minimum atomic E-state index is 0.384. The first-order chi connectivity index (χ1) is 7.61.